The quantitative estimate of drug-likeness (QED) is 0.889. The van der Waals surface area contributed by atoms with Crippen LogP contribution in [0.15, 0.2) is 40.2 Å². The number of hydrogen-bond acceptors (Lipinski definition) is 5. The second kappa shape index (κ2) is 5.87. The lowest BCUT2D eigenvalue weighted by Gasteiger charge is -2.15. The Bertz CT molecular complexity index is 661. The highest BCUT2D eigenvalue weighted by molar-refractivity contribution is 9.10. The van der Waals surface area contributed by atoms with Crippen molar-refractivity contribution in [2.75, 3.05) is 6.54 Å². The van der Waals surface area contributed by atoms with E-state index in [1.165, 1.54) is 5.56 Å². The molecule has 110 valence electrons. The summed E-state index contributed by atoms with van der Waals surface area (Å²) < 4.78 is 2.75. The van der Waals surface area contributed by atoms with Crippen LogP contribution >= 0.6 is 15.9 Å². The summed E-state index contributed by atoms with van der Waals surface area (Å²) in [6.07, 6.45) is 2.85. The minimum absolute atomic E-state index is 0.800. The Labute approximate surface area is 131 Å². The van der Waals surface area contributed by atoms with Crippen LogP contribution in [0.1, 0.15) is 25.0 Å². The summed E-state index contributed by atoms with van der Waals surface area (Å²) >= 11 is 3.63. The third-order valence-electron chi connectivity index (χ3n) is 3.46. The van der Waals surface area contributed by atoms with Gasteiger partial charge in [-0.05, 0) is 47.0 Å². The highest BCUT2D eigenvalue weighted by Crippen LogP contribution is 2.23. The number of aromatic nitrogens is 2. The van der Waals surface area contributed by atoms with Crippen molar-refractivity contribution >= 4 is 21.8 Å². The molecule has 1 aromatic carbocycles. The van der Waals surface area contributed by atoms with Crippen LogP contribution in [0.3, 0.4) is 0 Å². The van der Waals surface area contributed by atoms with Crippen LogP contribution in [0, 0.1) is 0 Å². The first kappa shape index (κ1) is 14.1. The Kier molecular flexibility index (Phi) is 3.94. The molecule has 1 aliphatic heterocycles. The van der Waals surface area contributed by atoms with E-state index < -0.39 is 0 Å². The summed E-state index contributed by atoms with van der Waals surface area (Å²) in [5.74, 6) is 0.820. The largest absolute Gasteiger partial charge is 0.271 e. The third-order valence-corrected chi connectivity index (χ3v) is 4.22. The van der Waals surface area contributed by atoms with E-state index in [4.69, 9.17) is 0 Å². The van der Waals surface area contributed by atoms with Gasteiger partial charge in [0.05, 0.1) is 17.4 Å². The topological polar surface area (TPSA) is 57.5 Å². The highest BCUT2D eigenvalue weighted by atomic mass is 79.9. The van der Waals surface area contributed by atoms with Gasteiger partial charge in [-0.2, -0.15) is 5.10 Å². The molecule has 0 amide bonds. The van der Waals surface area contributed by atoms with Gasteiger partial charge >= 0.3 is 0 Å². The summed E-state index contributed by atoms with van der Waals surface area (Å²) in [4.78, 5) is 0. The fourth-order valence-corrected chi connectivity index (χ4v) is 2.80. The third kappa shape index (κ3) is 2.54. The second-order valence-electron chi connectivity index (χ2n) is 4.68. The Hall–Kier alpha value is -1.86. The smallest absolute Gasteiger partial charge is 0.177 e. The molecule has 1 aliphatic rings. The van der Waals surface area contributed by atoms with Gasteiger partial charge in [0, 0.05) is 6.54 Å². The number of halogens is 1. The number of nitrogens with zero attached hydrogens (tertiary/aromatic N) is 4. The average molecular weight is 349 g/mol. The predicted octanol–water partition coefficient (Wildman–Crippen LogP) is 2.20. The summed E-state index contributed by atoms with van der Waals surface area (Å²) in [7, 11) is 0. The molecular formula is C14H17BrN6. The van der Waals surface area contributed by atoms with Gasteiger partial charge in [-0.3, -0.25) is 5.01 Å². The molecule has 2 aromatic rings. The molecule has 0 spiro atoms. The Morgan fingerprint density at radius 2 is 1.95 bits per heavy atom. The molecule has 0 radical (unpaired) electrons. The monoisotopic (exact) mass is 348 g/mol. The Balaban J connectivity index is 1.95. The summed E-state index contributed by atoms with van der Waals surface area (Å²) in [5.41, 5.74) is 9.01. The molecule has 21 heavy (non-hydrogen) atoms. The number of aryl methyl sites for hydroxylation is 1. The van der Waals surface area contributed by atoms with Gasteiger partial charge in [-0.25, -0.2) is 10.2 Å². The highest BCUT2D eigenvalue weighted by Gasteiger charge is 2.22. The summed E-state index contributed by atoms with van der Waals surface area (Å²) in [6.45, 7) is 5.00. The molecule has 0 saturated heterocycles. The number of benzene rings is 1. The van der Waals surface area contributed by atoms with Crippen molar-refractivity contribution in [3.63, 3.8) is 0 Å². The van der Waals surface area contributed by atoms with Crippen LogP contribution in [-0.2, 0) is 6.42 Å². The standard InChI is InChI=1S/C14H17BrN6/c1-3-10-5-7-11(8-6-10)21-13(15)12(9-16-21)14-17-18-19-20(14)4-2/h5-9,18-19H,3-4H2,1-2H3. The van der Waals surface area contributed by atoms with Crippen LogP contribution in [0.2, 0.25) is 0 Å². The number of hydrazine groups is 2. The van der Waals surface area contributed by atoms with Crippen molar-refractivity contribution in [2.24, 2.45) is 5.10 Å². The number of nitrogens with one attached hydrogen (secondary N) is 2. The lowest BCUT2D eigenvalue weighted by molar-refractivity contribution is 0.308. The van der Waals surface area contributed by atoms with E-state index in [0.29, 0.717) is 0 Å². The molecule has 1 aromatic heterocycles. The van der Waals surface area contributed by atoms with Gasteiger partial charge in [-0.15, -0.1) is 10.6 Å². The van der Waals surface area contributed by atoms with Gasteiger partial charge in [0.1, 0.15) is 4.60 Å². The maximum Gasteiger partial charge on any atom is 0.177 e. The molecule has 0 fully saturated rings. The molecule has 6 nitrogen and oxygen atoms in total. The lowest BCUT2D eigenvalue weighted by atomic mass is 10.1. The van der Waals surface area contributed by atoms with Crippen molar-refractivity contribution in [3.05, 3.63) is 46.2 Å². The van der Waals surface area contributed by atoms with Crippen molar-refractivity contribution in [3.8, 4) is 5.69 Å². The Morgan fingerprint density at radius 3 is 2.62 bits per heavy atom. The SMILES string of the molecule is CCc1ccc(-n2ncc(C3=NNNN3CC)c2Br)cc1. The van der Waals surface area contributed by atoms with Gasteiger partial charge in [0.2, 0.25) is 0 Å². The first-order valence-electron chi connectivity index (χ1n) is 6.93. The zero-order chi connectivity index (χ0) is 14.8. The summed E-state index contributed by atoms with van der Waals surface area (Å²) in [5, 5.41) is 10.6. The van der Waals surface area contributed by atoms with E-state index in [9.17, 15) is 0 Å². The normalized spacial score (nSPS) is 14.2. The fraction of sp³-hybridized carbons (Fsp3) is 0.286. The van der Waals surface area contributed by atoms with Crippen LogP contribution in [0.25, 0.3) is 5.69 Å². The second-order valence-corrected chi connectivity index (χ2v) is 5.44. The van der Waals surface area contributed by atoms with Gasteiger partial charge in [0.15, 0.2) is 5.84 Å². The minimum atomic E-state index is 0.800. The van der Waals surface area contributed by atoms with Gasteiger partial charge < -0.3 is 0 Å². The number of hydrazone groups is 1. The maximum atomic E-state index is 4.46. The molecule has 0 bridgehead atoms. The van der Waals surface area contributed by atoms with Crippen molar-refractivity contribution in [1.29, 1.82) is 0 Å². The van der Waals surface area contributed by atoms with Crippen molar-refractivity contribution in [1.82, 2.24) is 25.9 Å². The number of rotatable bonds is 4. The molecule has 2 N–H and O–H groups in total. The minimum Gasteiger partial charge on any atom is -0.271 e. The van der Waals surface area contributed by atoms with E-state index in [-0.39, 0.29) is 0 Å². The Morgan fingerprint density at radius 1 is 1.19 bits per heavy atom. The molecule has 0 unspecified atom stereocenters. The number of amidine groups is 1. The van der Waals surface area contributed by atoms with Gasteiger partial charge in [-0.1, -0.05) is 19.1 Å². The number of hydrogen-bond donors (Lipinski definition) is 2. The first-order valence-corrected chi connectivity index (χ1v) is 7.73. The van der Waals surface area contributed by atoms with E-state index in [0.717, 1.165) is 34.7 Å². The summed E-state index contributed by atoms with van der Waals surface area (Å²) in [6, 6.07) is 8.39. The van der Waals surface area contributed by atoms with Crippen LogP contribution in [0.5, 0.6) is 0 Å². The first-order chi connectivity index (χ1) is 10.2. The van der Waals surface area contributed by atoms with Crippen LogP contribution in [-0.4, -0.2) is 27.2 Å². The van der Waals surface area contributed by atoms with E-state index in [1.54, 1.807) is 0 Å². The van der Waals surface area contributed by atoms with Crippen molar-refractivity contribution < 1.29 is 0 Å². The van der Waals surface area contributed by atoms with E-state index >= 15 is 0 Å². The molecule has 0 atom stereocenters. The molecule has 3 rings (SSSR count). The average Bonchev–Trinajstić information content (AvgIpc) is 3.13. The molecule has 2 heterocycles. The lowest BCUT2D eigenvalue weighted by Crippen LogP contribution is -2.40. The van der Waals surface area contributed by atoms with Crippen LogP contribution in [0.4, 0.5) is 0 Å². The predicted molar refractivity (Wildman–Crippen MR) is 85.8 cm³/mol. The zero-order valence-corrected chi connectivity index (χ0v) is 13.6. The molecule has 0 saturated carbocycles. The molecule has 7 heteroatoms. The van der Waals surface area contributed by atoms with E-state index in [1.807, 2.05) is 15.9 Å². The zero-order valence-electron chi connectivity index (χ0n) is 12.0. The van der Waals surface area contributed by atoms with Gasteiger partial charge in [0.25, 0.3) is 0 Å². The van der Waals surface area contributed by atoms with Crippen molar-refractivity contribution in [2.45, 2.75) is 20.3 Å². The van der Waals surface area contributed by atoms with Crippen LogP contribution < -0.4 is 11.1 Å². The molecule has 0 aliphatic carbocycles. The molecular weight excluding hydrogens is 332 g/mol. The van der Waals surface area contributed by atoms with E-state index in [2.05, 4.69) is 75.3 Å². The maximum absolute atomic E-state index is 4.46. The fourth-order valence-electron chi connectivity index (χ4n) is 2.22.